The summed E-state index contributed by atoms with van der Waals surface area (Å²) >= 11 is 3.71. The van der Waals surface area contributed by atoms with Gasteiger partial charge in [-0.2, -0.15) is 0 Å². The first-order valence-electron chi connectivity index (χ1n) is 37.2. The van der Waals surface area contributed by atoms with Crippen molar-refractivity contribution < 1.29 is 0 Å². The number of aromatic nitrogens is 8. The quantitative estimate of drug-likeness (QED) is 0.152. The van der Waals surface area contributed by atoms with Crippen LogP contribution in [0.25, 0.3) is 217 Å². The molecule has 10 heteroatoms. The largest absolute Gasteiger partial charge is 0.301 e. The highest BCUT2D eigenvalue weighted by Gasteiger charge is 2.27. The average molecular weight is 1440 g/mol. The molecular weight excluding hydrogens is 1380 g/mol. The number of fused-ring (bicyclic) bond motifs is 22. The van der Waals surface area contributed by atoms with Gasteiger partial charge >= 0.3 is 0 Å². The molecule has 0 N–H and O–H groups in total. The lowest BCUT2D eigenvalue weighted by molar-refractivity contribution is 1.02. The van der Waals surface area contributed by atoms with Gasteiger partial charge in [0, 0.05) is 87.1 Å². The minimum Gasteiger partial charge on any atom is -0.301 e. The third-order valence-corrected chi connectivity index (χ3v) is 24.6. The molecule has 0 fully saturated rings. The van der Waals surface area contributed by atoms with Crippen LogP contribution in [0.1, 0.15) is 0 Å². The van der Waals surface area contributed by atoms with Crippen LogP contribution < -0.4 is 0 Å². The number of hydrogen-bond donors (Lipinski definition) is 0. The molecule has 0 saturated heterocycles. The normalized spacial score (nSPS) is 12.0. The summed E-state index contributed by atoms with van der Waals surface area (Å²) in [5.41, 5.74) is 19.6. The molecule has 24 aromatic rings. The summed E-state index contributed by atoms with van der Waals surface area (Å²) in [6.45, 7) is 0. The SMILES string of the molecule is c1ccc(-c2nc(-n3c4ccccc4c4ccc5c(sc6c5c5ccccc5n6-c5ccccc5)c43)nc3ccc(-c4ccc5ccccc5c4)cc23)cc1.c1ccc(-c2nc(-n3c4ccccc4c4ccc5c(sc6c5c5ccccc5n6-c5ccccc5)c43)nc3ccc(-c4cccc5ccccc45)cc23)cc1. The molecule has 0 spiro atoms. The number of para-hydroxylation sites is 6. The number of benzene rings is 16. The molecule has 24 rings (SSSR count). The van der Waals surface area contributed by atoms with Gasteiger partial charge in [0.2, 0.25) is 11.9 Å². The van der Waals surface area contributed by atoms with E-state index in [2.05, 4.69) is 382 Å². The van der Waals surface area contributed by atoms with E-state index >= 15 is 0 Å². The van der Waals surface area contributed by atoms with Crippen molar-refractivity contribution in [3.63, 3.8) is 0 Å². The van der Waals surface area contributed by atoms with E-state index in [-0.39, 0.29) is 0 Å². The summed E-state index contributed by atoms with van der Waals surface area (Å²) in [5, 5.41) is 19.3. The average Bonchev–Trinajstić information content (AvgIpc) is 1.54. The highest BCUT2D eigenvalue weighted by molar-refractivity contribution is 7.27. The summed E-state index contributed by atoms with van der Waals surface area (Å²) in [4.78, 5) is 24.3. The van der Waals surface area contributed by atoms with Crippen LogP contribution >= 0.6 is 22.7 Å². The maximum atomic E-state index is 5.53. The molecule has 512 valence electrons. The van der Waals surface area contributed by atoms with Crippen molar-refractivity contribution in [3.05, 3.63) is 364 Å². The van der Waals surface area contributed by atoms with Crippen LogP contribution in [0, 0.1) is 0 Å². The molecule has 0 atom stereocenters. The highest BCUT2D eigenvalue weighted by Crippen LogP contribution is 2.50. The van der Waals surface area contributed by atoms with Gasteiger partial charge in [-0.3, -0.25) is 9.13 Å². The molecule has 8 aromatic heterocycles. The molecule has 0 aliphatic carbocycles. The summed E-state index contributed by atoms with van der Waals surface area (Å²) in [6.07, 6.45) is 0. The molecule has 0 amide bonds. The first kappa shape index (κ1) is 62.1. The summed E-state index contributed by atoms with van der Waals surface area (Å²) in [7, 11) is 0. The lowest BCUT2D eigenvalue weighted by atomic mass is 9.96. The Bertz CT molecular complexity index is 7890. The third kappa shape index (κ3) is 9.56. The molecule has 0 saturated carbocycles. The maximum absolute atomic E-state index is 5.53. The molecule has 0 aliphatic heterocycles. The van der Waals surface area contributed by atoms with Crippen molar-refractivity contribution in [2.75, 3.05) is 0 Å². The van der Waals surface area contributed by atoms with Gasteiger partial charge in [0.1, 0.15) is 9.66 Å². The summed E-state index contributed by atoms with van der Waals surface area (Å²) in [5.74, 6) is 1.33. The van der Waals surface area contributed by atoms with E-state index in [4.69, 9.17) is 19.9 Å². The Kier molecular flexibility index (Phi) is 13.9. The molecule has 8 nitrogen and oxygen atoms in total. The van der Waals surface area contributed by atoms with E-state index < -0.39 is 0 Å². The number of hydrogen-bond acceptors (Lipinski definition) is 6. The van der Waals surface area contributed by atoms with Gasteiger partial charge in [0.05, 0.1) is 64.9 Å². The minimum absolute atomic E-state index is 0.664. The van der Waals surface area contributed by atoms with Crippen LogP contribution in [-0.4, -0.2) is 38.2 Å². The third-order valence-electron chi connectivity index (χ3n) is 22.3. The molecule has 0 radical (unpaired) electrons. The summed E-state index contributed by atoms with van der Waals surface area (Å²) < 4.78 is 11.9. The van der Waals surface area contributed by atoms with Gasteiger partial charge in [-0.05, 0) is 123 Å². The van der Waals surface area contributed by atoms with E-state index in [9.17, 15) is 0 Å². The monoisotopic (exact) mass is 1440 g/mol. The first-order valence-corrected chi connectivity index (χ1v) is 38.8. The first-order chi connectivity index (χ1) is 54.6. The standard InChI is InChI=1S/2C50H30N4S/c1-3-15-32(16-4-1)46-41-30-33(36-23-13-17-31-14-7-8-20-35(31)36)26-29-42(41)51-50(52-46)54-43-24-11-9-21-37(43)38-27-28-40-45-39-22-10-12-25-44(39)53(34-18-5-2-6-19-34)49(45)55-48(40)47(38)54;1-3-14-32(15-4-1)46-41-30-35(34-24-23-31-13-7-8-16-33(31)29-34)25-28-42(41)51-50(52-46)54-43-21-11-9-19-37(43)38-26-27-40-45-39-20-10-12-22-44(39)53(36-17-5-2-6-18-36)49(45)55-48(40)47(38)54/h2*1-30H. The van der Waals surface area contributed by atoms with E-state index in [1.54, 1.807) is 0 Å². The Morgan fingerprint density at radius 3 is 1.12 bits per heavy atom. The minimum atomic E-state index is 0.664. The maximum Gasteiger partial charge on any atom is 0.235 e. The van der Waals surface area contributed by atoms with Gasteiger partial charge in [-0.1, -0.05) is 285 Å². The van der Waals surface area contributed by atoms with Gasteiger partial charge in [-0.15, -0.1) is 22.7 Å². The van der Waals surface area contributed by atoms with Crippen LogP contribution in [0.5, 0.6) is 0 Å². The van der Waals surface area contributed by atoms with Crippen molar-refractivity contribution in [1.29, 1.82) is 0 Å². The van der Waals surface area contributed by atoms with Gasteiger partial charge in [0.25, 0.3) is 0 Å². The molecular formula is C100H60N8S2. The Morgan fingerprint density at radius 2 is 0.600 bits per heavy atom. The molecule has 110 heavy (non-hydrogen) atoms. The Labute approximate surface area is 637 Å². The fourth-order valence-corrected chi connectivity index (χ4v) is 20.1. The van der Waals surface area contributed by atoms with Crippen LogP contribution in [-0.2, 0) is 0 Å². The van der Waals surface area contributed by atoms with Crippen LogP contribution in [0.15, 0.2) is 364 Å². The number of nitrogens with zero attached hydrogens (tertiary/aromatic N) is 8. The second-order valence-electron chi connectivity index (χ2n) is 28.4. The van der Waals surface area contributed by atoms with Crippen molar-refractivity contribution in [1.82, 2.24) is 38.2 Å². The van der Waals surface area contributed by atoms with Crippen LogP contribution in [0.2, 0.25) is 0 Å². The molecule has 0 bridgehead atoms. The molecule has 0 unspecified atom stereocenters. The lowest BCUT2D eigenvalue weighted by Gasteiger charge is -2.14. The van der Waals surface area contributed by atoms with E-state index in [1.165, 1.54) is 117 Å². The van der Waals surface area contributed by atoms with Crippen molar-refractivity contribution in [2.45, 2.75) is 0 Å². The molecule has 8 heterocycles. The van der Waals surface area contributed by atoms with Crippen molar-refractivity contribution in [3.8, 4) is 68.0 Å². The zero-order chi connectivity index (χ0) is 72.1. The lowest BCUT2D eigenvalue weighted by Crippen LogP contribution is -2.03. The fourth-order valence-electron chi connectivity index (χ4n) is 17.3. The zero-order valence-electron chi connectivity index (χ0n) is 59.0. The van der Waals surface area contributed by atoms with E-state index in [1.807, 2.05) is 22.7 Å². The Balaban J connectivity index is 0.000000132. The Morgan fingerprint density at radius 1 is 0.218 bits per heavy atom. The van der Waals surface area contributed by atoms with Gasteiger partial charge in [-0.25, -0.2) is 19.9 Å². The fraction of sp³-hybridized carbons (Fsp3) is 0. The van der Waals surface area contributed by atoms with Crippen LogP contribution in [0.3, 0.4) is 0 Å². The summed E-state index contributed by atoms with van der Waals surface area (Å²) in [6, 6.07) is 130. The topological polar surface area (TPSA) is 71.3 Å². The Hall–Kier alpha value is -14.2. The highest BCUT2D eigenvalue weighted by atomic mass is 32.1. The van der Waals surface area contributed by atoms with Crippen molar-refractivity contribution >= 4 is 172 Å². The van der Waals surface area contributed by atoms with Gasteiger partial charge < -0.3 is 9.13 Å². The smallest absolute Gasteiger partial charge is 0.235 e. The predicted octanol–water partition coefficient (Wildman–Crippen LogP) is 27.1. The molecule has 16 aromatic carbocycles. The number of rotatable bonds is 8. The zero-order valence-corrected chi connectivity index (χ0v) is 60.7. The van der Waals surface area contributed by atoms with Gasteiger partial charge in [0.15, 0.2) is 0 Å². The van der Waals surface area contributed by atoms with E-state index in [0.29, 0.717) is 11.9 Å². The van der Waals surface area contributed by atoms with Crippen molar-refractivity contribution in [2.24, 2.45) is 0 Å². The second kappa shape index (κ2) is 24.7. The second-order valence-corrected chi connectivity index (χ2v) is 30.3. The predicted molar refractivity (Wildman–Crippen MR) is 464 cm³/mol. The van der Waals surface area contributed by atoms with Crippen LogP contribution in [0.4, 0.5) is 0 Å². The number of thiophene rings is 2. The molecule has 0 aliphatic rings. The van der Waals surface area contributed by atoms with E-state index in [0.717, 1.165) is 88.9 Å².